The van der Waals surface area contributed by atoms with Crippen LogP contribution in [0.5, 0.6) is 0 Å². The lowest BCUT2D eigenvalue weighted by Gasteiger charge is -2.33. The minimum atomic E-state index is -2.05. The van der Waals surface area contributed by atoms with Gasteiger partial charge < -0.3 is 78.9 Å². The van der Waals surface area contributed by atoms with E-state index in [2.05, 4.69) is 53.2 Å². The molecule has 0 spiro atoms. The van der Waals surface area contributed by atoms with Crippen LogP contribution in [0.3, 0.4) is 0 Å². The number of benzene rings is 6. The number of hydrogen-bond donors (Lipinski definition) is 15. The van der Waals surface area contributed by atoms with E-state index >= 15 is 19.2 Å². The normalized spacial score (nSPS) is 23.2. The summed E-state index contributed by atoms with van der Waals surface area (Å²) in [4.78, 5) is 178. The molecule has 3 aliphatic heterocycles. The second kappa shape index (κ2) is 36.7. The lowest BCUT2D eigenvalue weighted by Crippen LogP contribution is -2.59. The summed E-state index contributed by atoms with van der Waals surface area (Å²) in [6.45, 7) is 2.06. The Morgan fingerprint density at radius 2 is 0.846 bits per heavy atom. The molecule has 29 nitrogen and oxygen atoms in total. The highest BCUT2D eigenvalue weighted by Crippen LogP contribution is 2.31. The van der Waals surface area contributed by atoms with Gasteiger partial charge in [-0.25, -0.2) is 0 Å². The second-order valence-electron chi connectivity index (χ2n) is 26.3. The summed E-state index contributed by atoms with van der Waals surface area (Å²) in [5.74, 6) is -12.2. The molecule has 548 valence electrons. The van der Waals surface area contributed by atoms with E-state index < -0.39 is 157 Å². The number of rotatable bonds is 18. The van der Waals surface area contributed by atoms with Crippen LogP contribution < -0.4 is 58.9 Å². The topological polar surface area (TPSA) is 446 Å². The third-order valence-corrected chi connectivity index (χ3v) is 18.7. The molecule has 0 saturated carbocycles. The Morgan fingerprint density at radius 3 is 1.35 bits per heavy atom. The van der Waals surface area contributed by atoms with Crippen molar-refractivity contribution in [3.8, 4) is 0 Å². The number of aliphatic carboxylic acids is 2. The smallest absolute Gasteiger partial charge is 0.305 e. The Morgan fingerprint density at radius 1 is 0.452 bits per heavy atom. The number of carbonyl (C=O) groups is 12. The molecule has 3 aliphatic rings. The zero-order valence-electron chi connectivity index (χ0n) is 57.6. The molecule has 0 bridgehead atoms. The van der Waals surface area contributed by atoms with Crippen molar-refractivity contribution in [3.05, 3.63) is 168 Å². The van der Waals surface area contributed by atoms with Gasteiger partial charge in [0, 0.05) is 39.0 Å². The standard InChI is InChI=1S/C75H89N15O14/c1-44(76)79-34-14-30-53-67(97)84-55(51-28-12-24-47-22-8-10-26-49(47)51)41-64(92)82-57(38-45-18-4-2-5-19-45)68(98)87-60(43-66(95)96)71(101)88-59(42-65(93)94)70(100)86-58(39-46-20-6-3-7-21-46)69(99)85-56(52-29-13-25-48-23-9-11-27-50(48)52)40-63(91)81-54(31-15-35-80-75(77)78)73(103)90-37-17-33-62(90)74(104)89-36-16-32-61(89)72(102)83-53/h2-13,18-29,53-62H,14-17,30-43H2,1H3,(H2,76,79)(H,81,91)(H,82,92)(H,83,102)(H,84,97)(H,85,99)(H,86,100)(H,87,98)(H,88,101)(H,93,94)(H,95,96)(H4,77,78,80)/t53?,54?,55?,56?,57?,58?,59?,60?,61-,62+/m1/s1. The molecule has 8 unspecified atom stereocenters. The van der Waals surface area contributed by atoms with Crippen molar-refractivity contribution < 1.29 is 67.7 Å². The molecule has 29 heteroatoms. The number of nitrogens with one attached hydrogen (secondary N) is 12. The fraction of sp³-hybridized carbons (Fsp3) is 0.387. The molecule has 3 saturated heterocycles. The molecule has 6 aromatic carbocycles. The summed E-state index contributed by atoms with van der Waals surface area (Å²) < 4.78 is 0. The molecule has 104 heavy (non-hydrogen) atoms. The molecule has 0 radical (unpaired) electrons. The number of carboxylic acid groups (broad SMARTS) is 2. The van der Waals surface area contributed by atoms with E-state index in [1.807, 2.05) is 24.3 Å². The van der Waals surface area contributed by atoms with Crippen LogP contribution in [0.2, 0.25) is 0 Å². The third-order valence-electron chi connectivity index (χ3n) is 18.7. The quantitative estimate of drug-likeness (QED) is 0.0334. The maximum absolute atomic E-state index is 15.2. The maximum atomic E-state index is 15.2. The molecule has 16 N–H and O–H groups in total. The average Bonchev–Trinajstić information content (AvgIpc) is 1.38. The molecule has 10 atom stereocenters. The Balaban J connectivity index is 1.12. The number of nitrogens with zero attached hydrogens (tertiary/aromatic N) is 2. The summed E-state index contributed by atoms with van der Waals surface area (Å²) in [7, 11) is 0. The highest BCUT2D eigenvalue weighted by molar-refractivity contribution is 6.00. The summed E-state index contributed by atoms with van der Waals surface area (Å²) in [6.07, 6.45) is -2.38. The largest absolute Gasteiger partial charge is 0.481 e. The van der Waals surface area contributed by atoms with Crippen LogP contribution in [0, 0.1) is 10.8 Å². The van der Waals surface area contributed by atoms with Crippen molar-refractivity contribution in [3.63, 3.8) is 0 Å². The molecular formula is C75H89N15O14. The molecule has 0 aromatic heterocycles. The van der Waals surface area contributed by atoms with Crippen LogP contribution >= 0.6 is 0 Å². The summed E-state index contributed by atoms with van der Waals surface area (Å²) >= 11 is 0. The number of guanidine groups is 1. The summed E-state index contributed by atoms with van der Waals surface area (Å²) in [6, 6.07) is 26.9. The second-order valence-corrected chi connectivity index (χ2v) is 26.3. The number of fused-ring (bicyclic) bond motifs is 4. The van der Waals surface area contributed by atoms with Gasteiger partial charge >= 0.3 is 11.9 Å². The first-order valence-corrected chi connectivity index (χ1v) is 34.9. The minimum absolute atomic E-state index is 0.0110. The lowest BCUT2D eigenvalue weighted by molar-refractivity contribution is -0.148. The van der Waals surface area contributed by atoms with Crippen molar-refractivity contribution in [1.29, 1.82) is 10.8 Å². The van der Waals surface area contributed by atoms with E-state index in [1.165, 1.54) is 16.7 Å². The van der Waals surface area contributed by atoms with Gasteiger partial charge in [0.25, 0.3) is 0 Å². The number of nitrogens with two attached hydrogens (primary N) is 1. The monoisotopic (exact) mass is 1420 g/mol. The van der Waals surface area contributed by atoms with E-state index in [0.29, 0.717) is 51.3 Å². The number of carbonyl (C=O) groups excluding carboxylic acids is 10. The van der Waals surface area contributed by atoms with Gasteiger partial charge in [0.05, 0.1) is 43.6 Å². The fourth-order valence-corrected chi connectivity index (χ4v) is 13.6. The molecule has 6 aromatic rings. The van der Waals surface area contributed by atoms with Crippen molar-refractivity contribution in [2.24, 2.45) is 5.73 Å². The van der Waals surface area contributed by atoms with E-state index in [0.717, 1.165) is 5.39 Å². The first-order chi connectivity index (χ1) is 50.0. The van der Waals surface area contributed by atoms with Crippen LogP contribution in [0.1, 0.15) is 118 Å². The number of hydrogen-bond acceptors (Lipinski definition) is 14. The van der Waals surface area contributed by atoms with Gasteiger partial charge in [-0.2, -0.15) is 0 Å². The van der Waals surface area contributed by atoms with E-state index in [4.69, 9.17) is 16.6 Å². The highest BCUT2D eigenvalue weighted by atomic mass is 16.4. The van der Waals surface area contributed by atoms with Gasteiger partial charge in [0.15, 0.2) is 5.96 Å². The van der Waals surface area contributed by atoms with Crippen LogP contribution in [0.15, 0.2) is 146 Å². The summed E-state index contributed by atoms with van der Waals surface area (Å²) in [5, 5.41) is 66.3. The first-order valence-electron chi connectivity index (χ1n) is 34.9. The van der Waals surface area contributed by atoms with Crippen LogP contribution in [-0.2, 0) is 70.4 Å². The molecule has 3 fully saturated rings. The van der Waals surface area contributed by atoms with Crippen LogP contribution in [0.25, 0.3) is 21.5 Å². The first kappa shape index (κ1) is 76.4. The predicted molar refractivity (Wildman–Crippen MR) is 385 cm³/mol. The Bertz CT molecular complexity index is 4150. The lowest BCUT2D eigenvalue weighted by atomic mass is 9.95. The van der Waals surface area contributed by atoms with Crippen LogP contribution in [0.4, 0.5) is 0 Å². The van der Waals surface area contributed by atoms with Gasteiger partial charge in [0.1, 0.15) is 48.3 Å². The number of amidine groups is 1. The average molecular weight is 1420 g/mol. The minimum Gasteiger partial charge on any atom is -0.481 e. The summed E-state index contributed by atoms with van der Waals surface area (Å²) in [5.41, 5.74) is 7.50. The zero-order valence-corrected chi connectivity index (χ0v) is 57.6. The van der Waals surface area contributed by atoms with E-state index in [-0.39, 0.29) is 89.3 Å². The number of amides is 10. The molecule has 9 rings (SSSR count). The number of carboxylic acids is 2. The van der Waals surface area contributed by atoms with E-state index in [1.54, 1.807) is 121 Å². The Hall–Kier alpha value is -11.8. The maximum Gasteiger partial charge on any atom is 0.305 e. The van der Waals surface area contributed by atoms with Crippen molar-refractivity contribution >= 4 is 104 Å². The molecule has 3 heterocycles. The van der Waals surface area contributed by atoms with Crippen molar-refractivity contribution in [1.82, 2.24) is 63.0 Å². The van der Waals surface area contributed by atoms with Gasteiger partial charge in [-0.15, -0.1) is 0 Å². The van der Waals surface area contributed by atoms with Crippen molar-refractivity contribution in [2.75, 3.05) is 26.2 Å². The zero-order chi connectivity index (χ0) is 74.4. The Kier molecular flexibility index (Phi) is 27.0. The van der Waals surface area contributed by atoms with Gasteiger partial charge in [0.2, 0.25) is 59.1 Å². The SMILES string of the molecule is CC(=N)NCCCC1NC(=O)[C@H]2CCCN2C(=O)[C@@H]2CCCN2C(=O)C(CCCNC(=N)N)NC(=O)CC(c2cccc3ccccc23)NC(=O)C(Cc2ccccc2)NC(=O)C(CC(=O)O)NC(=O)C(CC(=O)O)NC(=O)C(Cc2ccccc2)NC(=O)CC(c2cccc3ccccc23)NC1=O. The van der Waals surface area contributed by atoms with Gasteiger partial charge in [-0.05, 0) is 102 Å². The highest BCUT2D eigenvalue weighted by Gasteiger charge is 2.45. The van der Waals surface area contributed by atoms with Crippen molar-refractivity contribution in [2.45, 2.75) is 157 Å². The van der Waals surface area contributed by atoms with E-state index in [9.17, 15) is 48.6 Å². The fourth-order valence-electron chi connectivity index (χ4n) is 13.6. The Labute approximate surface area is 600 Å². The molecular weight excluding hydrogens is 1330 g/mol. The predicted octanol–water partition coefficient (Wildman–Crippen LogP) is 2.76. The molecule has 0 aliphatic carbocycles. The molecule has 10 amide bonds. The van der Waals surface area contributed by atoms with Crippen LogP contribution in [-0.4, -0.2) is 177 Å². The van der Waals surface area contributed by atoms with Gasteiger partial charge in [-0.1, -0.05) is 146 Å². The third kappa shape index (κ3) is 21.2. The van der Waals surface area contributed by atoms with Gasteiger partial charge in [-0.3, -0.25) is 68.4 Å².